The van der Waals surface area contributed by atoms with Crippen LogP contribution in [0.4, 0.5) is 0 Å². The van der Waals surface area contributed by atoms with Crippen molar-refractivity contribution in [3.63, 3.8) is 0 Å². The Balaban J connectivity index is 1.71. The number of carbonyl (C=O) groups excluding carboxylic acids is 1. The van der Waals surface area contributed by atoms with Crippen molar-refractivity contribution in [2.45, 2.75) is 57.2 Å². The van der Waals surface area contributed by atoms with E-state index in [1.807, 2.05) is 0 Å². The van der Waals surface area contributed by atoms with E-state index in [2.05, 4.69) is 17.1 Å². The standard InChI is InChI=1S/C14H24N2O2/c1-10-6-7-15-13(10)14(17)16-8-9-18-12-5-3-2-4-11(12)16/h10-13,15H,2-9H2,1H3. The van der Waals surface area contributed by atoms with Crippen molar-refractivity contribution in [2.24, 2.45) is 5.92 Å². The molecule has 3 aliphatic rings. The third kappa shape index (κ3) is 2.16. The molecule has 1 aliphatic carbocycles. The van der Waals surface area contributed by atoms with Gasteiger partial charge in [-0.1, -0.05) is 19.8 Å². The van der Waals surface area contributed by atoms with Gasteiger partial charge in [-0.2, -0.15) is 0 Å². The van der Waals surface area contributed by atoms with Gasteiger partial charge in [0.15, 0.2) is 0 Å². The quantitative estimate of drug-likeness (QED) is 0.761. The topological polar surface area (TPSA) is 41.6 Å². The van der Waals surface area contributed by atoms with Crippen LogP contribution in [0.5, 0.6) is 0 Å². The highest BCUT2D eigenvalue weighted by Gasteiger charge is 2.40. The molecule has 0 radical (unpaired) electrons. The van der Waals surface area contributed by atoms with Gasteiger partial charge >= 0.3 is 0 Å². The molecule has 18 heavy (non-hydrogen) atoms. The third-order valence-corrected chi connectivity index (χ3v) is 4.81. The highest BCUT2D eigenvalue weighted by molar-refractivity contribution is 5.83. The molecule has 2 heterocycles. The van der Waals surface area contributed by atoms with Crippen LogP contribution in [0.15, 0.2) is 0 Å². The van der Waals surface area contributed by atoms with Gasteiger partial charge in [0.25, 0.3) is 0 Å². The summed E-state index contributed by atoms with van der Waals surface area (Å²) in [4.78, 5) is 14.8. The van der Waals surface area contributed by atoms with Crippen molar-refractivity contribution in [1.29, 1.82) is 0 Å². The highest BCUT2D eigenvalue weighted by atomic mass is 16.5. The Morgan fingerprint density at radius 3 is 2.89 bits per heavy atom. The molecular weight excluding hydrogens is 228 g/mol. The van der Waals surface area contributed by atoms with Crippen LogP contribution in [-0.4, -0.2) is 48.7 Å². The van der Waals surface area contributed by atoms with Gasteiger partial charge in [-0.3, -0.25) is 4.79 Å². The lowest BCUT2D eigenvalue weighted by Gasteiger charge is -2.45. The molecule has 0 aromatic carbocycles. The fourth-order valence-electron chi connectivity index (χ4n) is 3.71. The summed E-state index contributed by atoms with van der Waals surface area (Å²) in [5.41, 5.74) is 0. The molecule has 1 saturated carbocycles. The average molecular weight is 252 g/mol. The van der Waals surface area contributed by atoms with E-state index >= 15 is 0 Å². The Morgan fingerprint density at radius 1 is 1.28 bits per heavy atom. The Bertz CT molecular complexity index is 319. The zero-order valence-electron chi connectivity index (χ0n) is 11.2. The first-order valence-corrected chi connectivity index (χ1v) is 7.43. The molecule has 2 saturated heterocycles. The van der Waals surface area contributed by atoms with Gasteiger partial charge in [0.05, 0.1) is 24.8 Å². The minimum atomic E-state index is 0.0469. The lowest BCUT2D eigenvalue weighted by Crippen LogP contribution is -2.59. The lowest BCUT2D eigenvalue weighted by molar-refractivity contribution is -0.152. The van der Waals surface area contributed by atoms with E-state index < -0.39 is 0 Å². The second kappa shape index (κ2) is 5.17. The third-order valence-electron chi connectivity index (χ3n) is 4.81. The number of hydrogen-bond donors (Lipinski definition) is 1. The van der Waals surface area contributed by atoms with Gasteiger partial charge in [-0.15, -0.1) is 0 Å². The summed E-state index contributed by atoms with van der Waals surface area (Å²) in [6, 6.07) is 0.389. The van der Waals surface area contributed by atoms with Gasteiger partial charge in [0, 0.05) is 6.54 Å². The summed E-state index contributed by atoms with van der Waals surface area (Å²) < 4.78 is 5.84. The van der Waals surface area contributed by atoms with Crippen LogP contribution in [0.2, 0.25) is 0 Å². The predicted molar refractivity (Wildman–Crippen MR) is 69.3 cm³/mol. The first-order valence-electron chi connectivity index (χ1n) is 7.43. The fraction of sp³-hybridized carbons (Fsp3) is 0.929. The summed E-state index contributed by atoms with van der Waals surface area (Å²) in [7, 11) is 0. The lowest BCUT2D eigenvalue weighted by atomic mass is 9.89. The van der Waals surface area contributed by atoms with Gasteiger partial charge in [-0.05, 0) is 31.7 Å². The molecule has 0 bridgehead atoms. The maximum atomic E-state index is 12.7. The van der Waals surface area contributed by atoms with Crippen LogP contribution in [0.1, 0.15) is 39.0 Å². The van der Waals surface area contributed by atoms with Crippen molar-refractivity contribution in [3.05, 3.63) is 0 Å². The number of amides is 1. The Labute approximate surface area is 109 Å². The monoisotopic (exact) mass is 252 g/mol. The Morgan fingerprint density at radius 2 is 2.11 bits per heavy atom. The first-order chi connectivity index (χ1) is 8.77. The van der Waals surface area contributed by atoms with Crippen LogP contribution in [-0.2, 0) is 9.53 Å². The van der Waals surface area contributed by atoms with Crippen molar-refractivity contribution in [3.8, 4) is 0 Å². The summed E-state index contributed by atoms with van der Waals surface area (Å²) in [6.45, 7) is 4.66. The molecular formula is C14H24N2O2. The van der Waals surface area contributed by atoms with Crippen LogP contribution >= 0.6 is 0 Å². The minimum absolute atomic E-state index is 0.0469. The number of morpholine rings is 1. The SMILES string of the molecule is CC1CCNC1C(=O)N1CCOC2CCCCC21. The summed E-state index contributed by atoms with van der Waals surface area (Å²) in [5.74, 6) is 0.794. The van der Waals surface area contributed by atoms with E-state index in [1.54, 1.807) is 0 Å². The Kier molecular flexibility index (Phi) is 3.57. The molecule has 0 aromatic heterocycles. The van der Waals surface area contributed by atoms with E-state index in [1.165, 1.54) is 12.8 Å². The summed E-state index contributed by atoms with van der Waals surface area (Å²) in [6.07, 6.45) is 6.16. The molecule has 4 atom stereocenters. The molecule has 1 N–H and O–H groups in total. The molecule has 4 nitrogen and oxygen atoms in total. The largest absolute Gasteiger partial charge is 0.374 e. The molecule has 3 rings (SSSR count). The smallest absolute Gasteiger partial charge is 0.240 e. The number of nitrogens with one attached hydrogen (secondary N) is 1. The van der Waals surface area contributed by atoms with Crippen molar-refractivity contribution < 1.29 is 9.53 Å². The van der Waals surface area contributed by atoms with Gasteiger partial charge < -0.3 is 15.0 Å². The molecule has 0 aromatic rings. The minimum Gasteiger partial charge on any atom is -0.374 e. The zero-order chi connectivity index (χ0) is 12.5. The molecule has 0 spiro atoms. The van der Waals surface area contributed by atoms with E-state index in [9.17, 15) is 4.79 Å². The molecule has 4 unspecified atom stereocenters. The first kappa shape index (κ1) is 12.4. The zero-order valence-corrected chi connectivity index (χ0v) is 11.2. The molecule has 2 aliphatic heterocycles. The second-order valence-electron chi connectivity index (χ2n) is 5.99. The maximum Gasteiger partial charge on any atom is 0.240 e. The second-order valence-corrected chi connectivity index (χ2v) is 5.99. The summed E-state index contributed by atoms with van der Waals surface area (Å²) in [5, 5.41) is 3.37. The van der Waals surface area contributed by atoms with Crippen molar-refractivity contribution >= 4 is 5.91 Å². The van der Waals surface area contributed by atoms with Crippen LogP contribution in [0, 0.1) is 5.92 Å². The van der Waals surface area contributed by atoms with Crippen molar-refractivity contribution in [1.82, 2.24) is 10.2 Å². The molecule has 3 fully saturated rings. The van der Waals surface area contributed by atoms with Crippen molar-refractivity contribution in [2.75, 3.05) is 19.7 Å². The van der Waals surface area contributed by atoms with Gasteiger partial charge in [-0.25, -0.2) is 0 Å². The predicted octanol–water partition coefficient (Wildman–Crippen LogP) is 1.15. The number of fused-ring (bicyclic) bond motifs is 1. The van der Waals surface area contributed by atoms with Crippen LogP contribution in [0.25, 0.3) is 0 Å². The number of rotatable bonds is 1. The number of carbonyl (C=O) groups is 1. The normalized spacial score (nSPS) is 40.6. The van der Waals surface area contributed by atoms with E-state index in [0.29, 0.717) is 30.6 Å². The molecule has 1 amide bonds. The number of nitrogens with zero attached hydrogens (tertiary/aromatic N) is 1. The number of ether oxygens (including phenoxy) is 1. The molecule has 4 heteroatoms. The fourth-order valence-corrected chi connectivity index (χ4v) is 3.71. The number of hydrogen-bond acceptors (Lipinski definition) is 3. The van der Waals surface area contributed by atoms with Crippen LogP contribution < -0.4 is 5.32 Å². The van der Waals surface area contributed by atoms with Gasteiger partial charge in [0.1, 0.15) is 0 Å². The van der Waals surface area contributed by atoms with Crippen LogP contribution in [0.3, 0.4) is 0 Å². The van der Waals surface area contributed by atoms with E-state index in [-0.39, 0.29) is 6.04 Å². The summed E-state index contributed by atoms with van der Waals surface area (Å²) >= 11 is 0. The van der Waals surface area contributed by atoms with E-state index in [4.69, 9.17) is 4.74 Å². The average Bonchev–Trinajstić information content (AvgIpc) is 2.83. The molecule has 102 valence electrons. The van der Waals surface area contributed by atoms with Gasteiger partial charge in [0.2, 0.25) is 5.91 Å². The highest BCUT2D eigenvalue weighted by Crippen LogP contribution is 2.30. The van der Waals surface area contributed by atoms with E-state index in [0.717, 1.165) is 32.4 Å². The maximum absolute atomic E-state index is 12.7. The Hall–Kier alpha value is -0.610.